The zero-order chi connectivity index (χ0) is 14.1. The van der Waals surface area contributed by atoms with Crippen LogP contribution in [0.3, 0.4) is 0 Å². The summed E-state index contributed by atoms with van der Waals surface area (Å²) in [6.45, 7) is 1.14. The quantitative estimate of drug-likeness (QED) is 0.876. The van der Waals surface area contributed by atoms with Gasteiger partial charge in [0.2, 0.25) is 5.91 Å². The van der Waals surface area contributed by atoms with Crippen LogP contribution >= 0.6 is 0 Å². The second-order valence-electron chi connectivity index (χ2n) is 5.94. The van der Waals surface area contributed by atoms with Gasteiger partial charge in [-0.05, 0) is 44.0 Å². The molecule has 0 radical (unpaired) electrons. The number of rotatable bonds is 3. The number of hydrogen-bond acceptors (Lipinski definition) is 3. The van der Waals surface area contributed by atoms with E-state index in [9.17, 15) is 9.90 Å². The summed E-state index contributed by atoms with van der Waals surface area (Å²) in [5.74, 6) is 0.279. The number of nitrogens with zero attached hydrogens (tertiary/aromatic N) is 1. The minimum Gasteiger partial charge on any atom is -0.396 e. The van der Waals surface area contributed by atoms with Crippen LogP contribution in [0, 0.1) is 0 Å². The molecule has 0 unspecified atom stereocenters. The number of carbonyl (C=O) groups excluding carboxylic acids is 1. The van der Waals surface area contributed by atoms with Crippen LogP contribution in [-0.4, -0.2) is 42.2 Å². The first kappa shape index (κ1) is 13.6. The standard InChI is InChI=1S/C16H22N2O2/c1-18-8-4-7-15(18)16(20)17-14-9-11(10-19)12-5-2-3-6-13(12)14/h2-3,5-6,11,14-15,19H,4,7-10H2,1H3,(H,17,20)/t11-,14-,15-/m1/s1. The Bertz CT molecular complexity index is 503. The van der Waals surface area contributed by atoms with Crippen molar-refractivity contribution >= 4 is 5.91 Å². The molecular weight excluding hydrogens is 252 g/mol. The summed E-state index contributed by atoms with van der Waals surface area (Å²) < 4.78 is 0. The van der Waals surface area contributed by atoms with Crippen molar-refractivity contribution < 1.29 is 9.90 Å². The average molecular weight is 274 g/mol. The van der Waals surface area contributed by atoms with Crippen molar-refractivity contribution in [2.24, 2.45) is 0 Å². The molecule has 1 fully saturated rings. The number of aliphatic hydroxyl groups is 1. The molecule has 1 aromatic carbocycles. The summed E-state index contributed by atoms with van der Waals surface area (Å²) in [5, 5.41) is 12.7. The van der Waals surface area contributed by atoms with Crippen LogP contribution in [0.1, 0.15) is 42.3 Å². The van der Waals surface area contributed by atoms with Gasteiger partial charge < -0.3 is 10.4 Å². The van der Waals surface area contributed by atoms with E-state index in [0.29, 0.717) is 0 Å². The first-order valence-corrected chi connectivity index (χ1v) is 7.41. The van der Waals surface area contributed by atoms with Crippen molar-refractivity contribution in [2.45, 2.75) is 37.3 Å². The van der Waals surface area contributed by atoms with Gasteiger partial charge in [-0.1, -0.05) is 24.3 Å². The third kappa shape index (κ3) is 2.34. The van der Waals surface area contributed by atoms with Crippen molar-refractivity contribution in [2.75, 3.05) is 20.2 Å². The highest BCUT2D eigenvalue weighted by Crippen LogP contribution is 2.39. The lowest BCUT2D eigenvalue weighted by molar-refractivity contribution is -0.125. The van der Waals surface area contributed by atoms with E-state index in [2.05, 4.69) is 22.3 Å². The Kier molecular flexibility index (Phi) is 3.76. The van der Waals surface area contributed by atoms with Crippen LogP contribution in [0.25, 0.3) is 0 Å². The van der Waals surface area contributed by atoms with Crippen LogP contribution in [0.2, 0.25) is 0 Å². The Morgan fingerprint density at radius 2 is 2.15 bits per heavy atom. The minimum atomic E-state index is 0.00957. The molecule has 4 heteroatoms. The molecule has 1 saturated heterocycles. The van der Waals surface area contributed by atoms with E-state index in [1.54, 1.807) is 0 Å². The van der Waals surface area contributed by atoms with Gasteiger partial charge in [-0.2, -0.15) is 0 Å². The SMILES string of the molecule is CN1CCC[C@@H]1C(=O)N[C@@H]1C[C@H](CO)c2ccccc21. The number of amides is 1. The van der Waals surface area contributed by atoms with Gasteiger partial charge in [-0.3, -0.25) is 9.69 Å². The smallest absolute Gasteiger partial charge is 0.237 e. The highest BCUT2D eigenvalue weighted by molar-refractivity contribution is 5.82. The lowest BCUT2D eigenvalue weighted by Gasteiger charge is -2.22. The molecule has 1 heterocycles. The van der Waals surface area contributed by atoms with Crippen LogP contribution in [0.15, 0.2) is 24.3 Å². The molecule has 3 atom stereocenters. The zero-order valence-corrected chi connectivity index (χ0v) is 11.9. The summed E-state index contributed by atoms with van der Waals surface area (Å²) in [4.78, 5) is 14.5. The van der Waals surface area contributed by atoms with Gasteiger partial charge in [0.1, 0.15) is 0 Å². The maximum atomic E-state index is 12.4. The predicted octanol–water partition coefficient (Wildman–Crippen LogP) is 1.42. The molecule has 3 rings (SSSR count). The lowest BCUT2D eigenvalue weighted by Crippen LogP contribution is -2.42. The predicted molar refractivity (Wildman–Crippen MR) is 77.4 cm³/mol. The van der Waals surface area contributed by atoms with Gasteiger partial charge in [0, 0.05) is 5.92 Å². The number of aliphatic hydroxyl groups excluding tert-OH is 1. The fourth-order valence-corrected chi connectivity index (χ4v) is 3.56. The summed E-state index contributed by atoms with van der Waals surface area (Å²) in [6, 6.07) is 8.18. The Labute approximate surface area is 119 Å². The highest BCUT2D eigenvalue weighted by atomic mass is 16.3. The molecular formula is C16H22N2O2. The summed E-state index contributed by atoms with van der Waals surface area (Å²) in [6.07, 6.45) is 2.84. The largest absolute Gasteiger partial charge is 0.396 e. The molecule has 0 spiro atoms. The van der Waals surface area contributed by atoms with Gasteiger partial charge in [-0.25, -0.2) is 0 Å². The molecule has 1 aliphatic heterocycles. The Balaban J connectivity index is 1.74. The molecule has 0 saturated carbocycles. The van der Waals surface area contributed by atoms with E-state index < -0.39 is 0 Å². The third-order valence-electron chi connectivity index (χ3n) is 4.69. The maximum absolute atomic E-state index is 12.4. The summed E-state index contributed by atoms with van der Waals surface area (Å²) in [7, 11) is 2.01. The Morgan fingerprint density at radius 1 is 1.40 bits per heavy atom. The number of fused-ring (bicyclic) bond motifs is 1. The molecule has 20 heavy (non-hydrogen) atoms. The number of likely N-dealkylation sites (N-methyl/N-ethyl adjacent to an activating group) is 1. The molecule has 2 aliphatic rings. The van der Waals surface area contributed by atoms with Crippen molar-refractivity contribution in [3.8, 4) is 0 Å². The topological polar surface area (TPSA) is 52.6 Å². The van der Waals surface area contributed by atoms with Crippen LogP contribution in [0.5, 0.6) is 0 Å². The van der Waals surface area contributed by atoms with Crippen molar-refractivity contribution in [3.05, 3.63) is 35.4 Å². The second kappa shape index (κ2) is 5.54. The monoisotopic (exact) mass is 274 g/mol. The van der Waals surface area contributed by atoms with Crippen LogP contribution in [0.4, 0.5) is 0 Å². The molecule has 1 amide bonds. The van der Waals surface area contributed by atoms with Gasteiger partial charge in [-0.15, -0.1) is 0 Å². The van der Waals surface area contributed by atoms with Crippen molar-refractivity contribution in [3.63, 3.8) is 0 Å². The van der Waals surface area contributed by atoms with Crippen LogP contribution in [-0.2, 0) is 4.79 Å². The number of benzene rings is 1. The molecule has 1 aliphatic carbocycles. The van der Waals surface area contributed by atoms with Gasteiger partial charge in [0.25, 0.3) is 0 Å². The van der Waals surface area contributed by atoms with E-state index in [1.807, 2.05) is 19.2 Å². The van der Waals surface area contributed by atoms with Gasteiger partial charge >= 0.3 is 0 Å². The Hall–Kier alpha value is -1.39. The lowest BCUT2D eigenvalue weighted by atomic mass is 10.0. The zero-order valence-electron chi connectivity index (χ0n) is 11.9. The first-order chi connectivity index (χ1) is 9.70. The third-order valence-corrected chi connectivity index (χ3v) is 4.69. The average Bonchev–Trinajstić information content (AvgIpc) is 3.03. The first-order valence-electron chi connectivity index (χ1n) is 7.41. The molecule has 108 valence electrons. The Morgan fingerprint density at radius 3 is 2.80 bits per heavy atom. The van der Waals surface area contributed by atoms with E-state index in [1.165, 1.54) is 11.1 Å². The fourth-order valence-electron chi connectivity index (χ4n) is 3.56. The van der Waals surface area contributed by atoms with Gasteiger partial charge in [0.15, 0.2) is 0 Å². The summed E-state index contributed by atoms with van der Waals surface area (Å²) >= 11 is 0. The number of nitrogens with one attached hydrogen (secondary N) is 1. The molecule has 0 aromatic heterocycles. The van der Waals surface area contributed by atoms with E-state index >= 15 is 0 Å². The number of hydrogen-bond donors (Lipinski definition) is 2. The van der Waals surface area contributed by atoms with Crippen molar-refractivity contribution in [1.82, 2.24) is 10.2 Å². The van der Waals surface area contributed by atoms with Gasteiger partial charge in [0.05, 0.1) is 18.7 Å². The van der Waals surface area contributed by atoms with E-state index in [0.717, 1.165) is 25.8 Å². The highest BCUT2D eigenvalue weighted by Gasteiger charge is 2.34. The molecule has 1 aromatic rings. The summed E-state index contributed by atoms with van der Waals surface area (Å²) in [5.41, 5.74) is 2.35. The van der Waals surface area contributed by atoms with E-state index in [-0.39, 0.29) is 30.5 Å². The van der Waals surface area contributed by atoms with Crippen LogP contribution < -0.4 is 5.32 Å². The molecule has 4 nitrogen and oxygen atoms in total. The minimum absolute atomic E-state index is 0.00957. The fraction of sp³-hybridized carbons (Fsp3) is 0.562. The second-order valence-corrected chi connectivity index (χ2v) is 5.94. The maximum Gasteiger partial charge on any atom is 0.237 e. The number of carbonyl (C=O) groups is 1. The van der Waals surface area contributed by atoms with Crippen molar-refractivity contribution in [1.29, 1.82) is 0 Å². The molecule has 0 bridgehead atoms. The normalized spacial score (nSPS) is 29.4. The van der Waals surface area contributed by atoms with E-state index in [4.69, 9.17) is 0 Å². The molecule has 2 N–H and O–H groups in total. The number of likely N-dealkylation sites (tertiary alicyclic amines) is 1.